The van der Waals surface area contributed by atoms with Crippen LogP contribution in [0.4, 0.5) is 5.69 Å². The Kier molecular flexibility index (Phi) is 5.36. The van der Waals surface area contributed by atoms with Crippen molar-refractivity contribution in [3.63, 3.8) is 0 Å². The standard InChI is InChI=1S/C18H21N3O4S/c1-13-11-21(12-14(2)25-13)26(23,24)16-8-6-15(7-9-16)20-18(22)17-5-3-4-10-19-17/h3-10,13-14H,11-12H2,1-2H3,(H,20,22)/t13-,14-/m1/s1. The number of carbonyl (C=O) groups is 1. The topological polar surface area (TPSA) is 88.6 Å². The minimum absolute atomic E-state index is 0.148. The number of nitrogens with one attached hydrogen (secondary N) is 1. The van der Waals surface area contributed by atoms with Crippen LogP contribution in [-0.4, -0.2) is 48.9 Å². The van der Waals surface area contributed by atoms with Gasteiger partial charge in [-0.1, -0.05) is 6.07 Å². The third-order valence-electron chi connectivity index (χ3n) is 4.03. The molecule has 1 fully saturated rings. The lowest BCUT2D eigenvalue weighted by Crippen LogP contribution is -2.48. The first-order valence-corrected chi connectivity index (χ1v) is 9.78. The van der Waals surface area contributed by atoms with Crippen molar-refractivity contribution in [1.29, 1.82) is 0 Å². The van der Waals surface area contributed by atoms with Crippen LogP contribution in [0.1, 0.15) is 24.3 Å². The normalized spacial score (nSPS) is 21.3. The van der Waals surface area contributed by atoms with Gasteiger partial charge in [0.25, 0.3) is 5.91 Å². The molecule has 7 nitrogen and oxygen atoms in total. The summed E-state index contributed by atoms with van der Waals surface area (Å²) in [6.45, 7) is 4.36. The minimum atomic E-state index is -3.60. The van der Waals surface area contributed by atoms with Crippen LogP contribution in [0.5, 0.6) is 0 Å². The molecule has 2 atom stereocenters. The number of benzene rings is 1. The Bertz CT molecular complexity index is 859. The molecule has 1 aromatic carbocycles. The van der Waals surface area contributed by atoms with E-state index in [1.54, 1.807) is 30.3 Å². The van der Waals surface area contributed by atoms with Crippen LogP contribution in [0.15, 0.2) is 53.6 Å². The number of nitrogens with zero attached hydrogens (tertiary/aromatic N) is 2. The van der Waals surface area contributed by atoms with E-state index in [1.807, 2.05) is 13.8 Å². The maximum atomic E-state index is 12.8. The fourth-order valence-electron chi connectivity index (χ4n) is 2.88. The fourth-order valence-corrected chi connectivity index (χ4v) is 4.47. The minimum Gasteiger partial charge on any atom is -0.373 e. The average Bonchev–Trinajstić information content (AvgIpc) is 2.62. The quantitative estimate of drug-likeness (QED) is 0.884. The Balaban J connectivity index is 1.73. The lowest BCUT2D eigenvalue weighted by atomic mass is 10.3. The van der Waals surface area contributed by atoms with Crippen LogP contribution in [0.3, 0.4) is 0 Å². The summed E-state index contributed by atoms with van der Waals surface area (Å²) in [4.78, 5) is 16.3. The molecule has 1 aromatic heterocycles. The van der Waals surface area contributed by atoms with E-state index in [9.17, 15) is 13.2 Å². The second kappa shape index (κ2) is 7.53. The van der Waals surface area contributed by atoms with Gasteiger partial charge in [-0.2, -0.15) is 4.31 Å². The summed E-state index contributed by atoms with van der Waals surface area (Å²) in [5.41, 5.74) is 0.795. The van der Waals surface area contributed by atoms with Crippen LogP contribution in [-0.2, 0) is 14.8 Å². The van der Waals surface area contributed by atoms with Gasteiger partial charge in [0.05, 0.1) is 17.1 Å². The van der Waals surface area contributed by atoms with Crippen molar-refractivity contribution in [2.45, 2.75) is 31.0 Å². The Labute approximate surface area is 153 Å². The number of rotatable bonds is 4. The van der Waals surface area contributed by atoms with E-state index in [2.05, 4.69) is 10.3 Å². The number of amides is 1. The van der Waals surface area contributed by atoms with Gasteiger partial charge in [-0.05, 0) is 50.2 Å². The second-order valence-corrected chi connectivity index (χ2v) is 8.21. The maximum absolute atomic E-state index is 12.8. The number of carbonyl (C=O) groups excluding carboxylic acids is 1. The molecule has 0 bridgehead atoms. The molecular formula is C18H21N3O4S. The van der Waals surface area contributed by atoms with Gasteiger partial charge in [0.2, 0.25) is 10.0 Å². The number of hydrogen-bond donors (Lipinski definition) is 1. The predicted octanol–water partition coefficient (Wildman–Crippen LogP) is 2.13. The molecule has 26 heavy (non-hydrogen) atoms. The van der Waals surface area contributed by atoms with Gasteiger partial charge in [-0.15, -0.1) is 0 Å². The van der Waals surface area contributed by atoms with Crippen LogP contribution in [0.25, 0.3) is 0 Å². The number of pyridine rings is 1. The highest BCUT2D eigenvalue weighted by Crippen LogP contribution is 2.22. The van der Waals surface area contributed by atoms with Crippen LogP contribution < -0.4 is 5.32 Å². The highest BCUT2D eigenvalue weighted by Gasteiger charge is 2.32. The van der Waals surface area contributed by atoms with Gasteiger partial charge in [0.1, 0.15) is 5.69 Å². The number of morpholine rings is 1. The number of aromatic nitrogens is 1. The Morgan fingerprint density at radius 3 is 2.35 bits per heavy atom. The van der Waals surface area contributed by atoms with E-state index in [0.29, 0.717) is 24.5 Å². The van der Waals surface area contributed by atoms with E-state index in [0.717, 1.165) is 0 Å². The lowest BCUT2D eigenvalue weighted by molar-refractivity contribution is -0.0440. The molecule has 1 amide bonds. The third kappa shape index (κ3) is 4.09. The smallest absolute Gasteiger partial charge is 0.274 e. The Hall–Kier alpha value is -2.29. The molecule has 138 valence electrons. The summed E-state index contributed by atoms with van der Waals surface area (Å²) >= 11 is 0. The average molecular weight is 375 g/mol. The Morgan fingerprint density at radius 1 is 1.12 bits per heavy atom. The first-order valence-electron chi connectivity index (χ1n) is 8.34. The van der Waals surface area contributed by atoms with Crippen molar-refractivity contribution in [2.24, 2.45) is 0 Å². The molecule has 8 heteroatoms. The van der Waals surface area contributed by atoms with Gasteiger partial charge in [0.15, 0.2) is 0 Å². The van der Waals surface area contributed by atoms with Gasteiger partial charge in [-0.25, -0.2) is 8.42 Å². The van der Waals surface area contributed by atoms with Gasteiger partial charge >= 0.3 is 0 Å². The monoisotopic (exact) mass is 375 g/mol. The van der Waals surface area contributed by atoms with Crippen molar-refractivity contribution < 1.29 is 17.9 Å². The predicted molar refractivity (Wildman–Crippen MR) is 97.4 cm³/mol. The summed E-state index contributed by atoms with van der Waals surface area (Å²) in [5.74, 6) is -0.350. The van der Waals surface area contributed by atoms with Crippen molar-refractivity contribution >= 4 is 21.6 Å². The zero-order valence-electron chi connectivity index (χ0n) is 14.6. The molecule has 0 spiro atoms. The molecule has 2 aromatic rings. The van der Waals surface area contributed by atoms with E-state index in [-0.39, 0.29) is 23.0 Å². The summed E-state index contributed by atoms with van der Waals surface area (Å²) in [7, 11) is -3.60. The van der Waals surface area contributed by atoms with Crippen molar-refractivity contribution in [3.8, 4) is 0 Å². The molecule has 1 saturated heterocycles. The van der Waals surface area contributed by atoms with E-state index in [4.69, 9.17) is 4.74 Å². The maximum Gasteiger partial charge on any atom is 0.274 e. The lowest BCUT2D eigenvalue weighted by Gasteiger charge is -2.34. The van der Waals surface area contributed by atoms with Crippen LogP contribution >= 0.6 is 0 Å². The first-order chi connectivity index (χ1) is 12.4. The zero-order valence-corrected chi connectivity index (χ0v) is 15.4. The zero-order chi connectivity index (χ0) is 18.7. The molecule has 0 unspecified atom stereocenters. The number of sulfonamides is 1. The summed E-state index contributed by atoms with van der Waals surface area (Å²) in [6.07, 6.45) is 1.24. The van der Waals surface area contributed by atoms with Crippen LogP contribution in [0.2, 0.25) is 0 Å². The first kappa shape index (κ1) is 18.5. The fraction of sp³-hybridized carbons (Fsp3) is 0.333. The molecular weight excluding hydrogens is 354 g/mol. The molecule has 1 aliphatic rings. The molecule has 0 aliphatic carbocycles. The molecule has 1 aliphatic heterocycles. The highest BCUT2D eigenvalue weighted by molar-refractivity contribution is 7.89. The van der Waals surface area contributed by atoms with Gasteiger partial charge in [0, 0.05) is 25.0 Å². The van der Waals surface area contributed by atoms with E-state index < -0.39 is 10.0 Å². The van der Waals surface area contributed by atoms with Gasteiger partial charge in [-0.3, -0.25) is 9.78 Å². The summed E-state index contributed by atoms with van der Waals surface area (Å²) < 4.78 is 32.6. The molecule has 3 rings (SSSR count). The number of hydrogen-bond acceptors (Lipinski definition) is 5. The largest absolute Gasteiger partial charge is 0.373 e. The van der Waals surface area contributed by atoms with Crippen LogP contribution in [0, 0.1) is 0 Å². The summed E-state index contributed by atoms with van der Waals surface area (Å²) in [6, 6.07) is 11.2. The number of anilines is 1. The molecule has 2 heterocycles. The van der Waals surface area contributed by atoms with E-state index in [1.165, 1.54) is 22.6 Å². The second-order valence-electron chi connectivity index (χ2n) is 6.27. The summed E-state index contributed by atoms with van der Waals surface area (Å²) in [5, 5.41) is 2.70. The van der Waals surface area contributed by atoms with Crippen molar-refractivity contribution in [2.75, 3.05) is 18.4 Å². The third-order valence-corrected chi connectivity index (χ3v) is 5.88. The van der Waals surface area contributed by atoms with E-state index >= 15 is 0 Å². The molecule has 0 radical (unpaired) electrons. The Morgan fingerprint density at radius 2 is 1.77 bits per heavy atom. The van der Waals surface area contributed by atoms with Crippen molar-refractivity contribution in [3.05, 3.63) is 54.4 Å². The highest BCUT2D eigenvalue weighted by atomic mass is 32.2. The van der Waals surface area contributed by atoms with Crippen molar-refractivity contribution in [1.82, 2.24) is 9.29 Å². The SMILES string of the molecule is C[C@@H]1CN(S(=O)(=O)c2ccc(NC(=O)c3ccccn3)cc2)C[C@@H](C)O1. The molecule has 0 saturated carbocycles. The van der Waals surface area contributed by atoms with Gasteiger partial charge < -0.3 is 10.1 Å². The number of ether oxygens (including phenoxy) is 1. The molecule has 1 N–H and O–H groups in total.